The summed E-state index contributed by atoms with van der Waals surface area (Å²) in [6.07, 6.45) is -4.63. The van der Waals surface area contributed by atoms with E-state index in [1.165, 1.54) is 18.2 Å². The average molecular weight is 308 g/mol. The number of aromatic amines is 1. The zero-order valence-electron chi connectivity index (χ0n) is 9.18. The van der Waals surface area contributed by atoms with Crippen LogP contribution in [0.3, 0.4) is 0 Å². The number of nitrogens with one attached hydrogen (secondary N) is 1. The number of hydrogen-bond donors (Lipinski definition) is 1. The summed E-state index contributed by atoms with van der Waals surface area (Å²) in [4.78, 5) is 13.0. The summed E-state index contributed by atoms with van der Waals surface area (Å²) in [5.41, 5.74) is -1.59. The van der Waals surface area contributed by atoms with E-state index in [2.05, 4.69) is 0 Å². The molecule has 0 radical (unpaired) electrons. The van der Waals surface area contributed by atoms with Gasteiger partial charge in [-0.25, -0.2) is 0 Å². The molecule has 0 aliphatic rings. The summed E-state index contributed by atoms with van der Waals surface area (Å²) in [5.74, 6) is 0. The predicted molar refractivity (Wildman–Crippen MR) is 67.5 cm³/mol. The first-order valence-electron chi connectivity index (χ1n) is 5.04. The van der Waals surface area contributed by atoms with Gasteiger partial charge in [0.1, 0.15) is 5.69 Å². The molecule has 2 aromatic rings. The van der Waals surface area contributed by atoms with Crippen LogP contribution in [0.1, 0.15) is 5.69 Å². The Labute approximate surface area is 115 Å². The second-order valence-electron chi connectivity index (χ2n) is 3.77. The van der Waals surface area contributed by atoms with Gasteiger partial charge in [0.05, 0.1) is 0 Å². The van der Waals surface area contributed by atoms with Crippen molar-refractivity contribution in [1.29, 1.82) is 0 Å². The van der Waals surface area contributed by atoms with Gasteiger partial charge in [0.25, 0.3) is 0 Å². The fraction of sp³-hybridized carbons (Fsp3) is 0.0833. The van der Waals surface area contributed by atoms with Crippen LogP contribution in [0, 0.1) is 0 Å². The molecule has 0 spiro atoms. The molecule has 1 aromatic heterocycles. The summed E-state index contributed by atoms with van der Waals surface area (Å²) in [6, 6.07) is 6.21. The largest absolute Gasteiger partial charge is 0.431 e. The van der Waals surface area contributed by atoms with Crippen molar-refractivity contribution in [2.24, 2.45) is 0 Å². The molecule has 19 heavy (non-hydrogen) atoms. The monoisotopic (exact) mass is 307 g/mol. The first-order valence-corrected chi connectivity index (χ1v) is 5.80. The third kappa shape index (κ3) is 3.11. The van der Waals surface area contributed by atoms with E-state index in [9.17, 15) is 18.0 Å². The molecule has 0 saturated heterocycles. The van der Waals surface area contributed by atoms with E-state index < -0.39 is 17.4 Å². The molecule has 0 fully saturated rings. The molecule has 0 aliphatic carbocycles. The second kappa shape index (κ2) is 4.90. The Morgan fingerprint density at radius 3 is 2.32 bits per heavy atom. The zero-order valence-corrected chi connectivity index (χ0v) is 10.7. The maximum absolute atomic E-state index is 12.6. The van der Waals surface area contributed by atoms with E-state index in [-0.39, 0.29) is 10.6 Å². The third-order valence-electron chi connectivity index (χ3n) is 2.39. The number of alkyl halides is 3. The molecule has 1 N–H and O–H groups in total. The Morgan fingerprint density at radius 1 is 1.05 bits per heavy atom. The fourth-order valence-corrected chi connectivity index (χ4v) is 2.09. The topological polar surface area (TPSA) is 32.9 Å². The summed E-state index contributed by atoms with van der Waals surface area (Å²) in [7, 11) is 0. The first-order chi connectivity index (χ1) is 8.77. The highest BCUT2D eigenvalue weighted by molar-refractivity contribution is 6.36. The van der Waals surface area contributed by atoms with Crippen molar-refractivity contribution in [3.63, 3.8) is 0 Å². The Kier molecular flexibility index (Phi) is 3.60. The van der Waals surface area contributed by atoms with E-state index >= 15 is 0 Å². The number of halogens is 5. The van der Waals surface area contributed by atoms with Gasteiger partial charge in [0.2, 0.25) is 5.56 Å². The van der Waals surface area contributed by atoms with Crippen LogP contribution in [-0.4, -0.2) is 4.98 Å². The maximum Gasteiger partial charge on any atom is 0.431 e. The molecule has 100 valence electrons. The minimum Gasteiger partial charge on any atom is -0.318 e. The lowest BCUT2D eigenvalue weighted by Crippen LogP contribution is -2.15. The van der Waals surface area contributed by atoms with Crippen LogP contribution in [0.15, 0.2) is 35.1 Å². The number of pyridine rings is 1. The Morgan fingerprint density at radius 2 is 1.74 bits per heavy atom. The highest BCUT2D eigenvalue weighted by atomic mass is 35.5. The minimum atomic E-state index is -4.63. The molecular formula is C12H6Cl2F3NO. The predicted octanol–water partition coefficient (Wildman–Crippen LogP) is 4.37. The Balaban J connectivity index is 2.63. The summed E-state index contributed by atoms with van der Waals surface area (Å²) >= 11 is 11.6. The van der Waals surface area contributed by atoms with E-state index in [4.69, 9.17) is 23.2 Å². The van der Waals surface area contributed by atoms with Crippen molar-refractivity contribution in [2.45, 2.75) is 6.18 Å². The van der Waals surface area contributed by atoms with Crippen molar-refractivity contribution in [3.8, 4) is 11.1 Å². The van der Waals surface area contributed by atoms with Crippen molar-refractivity contribution in [1.82, 2.24) is 4.98 Å². The highest BCUT2D eigenvalue weighted by Gasteiger charge is 2.32. The van der Waals surface area contributed by atoms with Crippen molar-refractivity contribution in [3.05, 3.63) is 56.4 Å². The average Bonchev–Trinajstić information content (AvgIpc) is 2.26. The molecule has 0 amide bonds. The van der Waals surface area contributed by atoms with Crippen LogP contribution in [0.25, 0.3) is 11.1 Å². The molecule has 0 unspecified atom stereocenters. The Hall–Kier alpha value is -1.46. The van der Waals surface area contributed by atoms with Gasteiger partial charge in [-0.3, -0.25) is 4.79 Å². The molecule has 0 bridgehead atoms. The maximum atomic E-state index is 12.6. The van der Waals surface area contributed by atoms with Gasteiger partial charge in [-0.05, 0) is 23.8 Å². The van der Waals surface area contributed by atoms with Gasteiger partial charge in [-0.15, -0.1) is 0 Å². The first kappa shape index (κ1) is 14.0. The number of aromatic nitrogens is 1. The molecule has 2 rings (SSSR count). The molecule has 0 aliphatic heterocycles. The third-order valence-corrected chi connectivity index (χ3v) is 2.94. The van der Waals surface area contributed by atoms with Gasteiger partial charge in [0.15, 0.2) is 0 Å². The number of hydrogen-bond acceptors (Lipinski definition) is 1. The lowest BCUT2D eigenvalue weighted by Gasteiger charge is -2.09. The van der Waals surface area contributed by atoms with E-state index in [0.29, 0.717) is 10.6 Å². The van der Waals surface area contributed by atoms with Crippen LogP contribution in [0.2, 0.25) is 10.0 Å². The summed E-state index contributed by atoms with van der Waals surface area (Å²) in [5, 5.41) is 0.529. The van der Waals surface area contributed by atoms with Crippen molar-refractivity contribution < 1.29 is 13.2 Å². The molecule has 0 atom stereocenters. The smallest absolute Gasteiger partial charge is 0.318 e. The minimum absolute atomic E-state index is 0.0812. The van der Waals surface area contributed by atoms with Crippen molar-refractivity contribution in [2.75, 3.05) is 0 Å². The van der Waals surface area contributed by atoms with Crippen LogP contribution in [0.4, 0.5) is 13.2 Å². The fourth-order valence-electron chi connectivity index (χ4n) is 1.58. The van der Waals surface area contributed by atoms with E-state index in [1.807, 2.05) is 0 Å². The SMILES string of the molecule is O=c1cc(-c2ccc(Cl)cc2Cl)cc(C(F)(F)F)[nH]1. The van der Waals surface area contributed by atoms with E-state index in [1.54, 1.807) is 4.98 Å². The normalized spacial score (nSPS) is 11.6. The number of rotatable bonds is 1. The quantitative estimate of drug-likeness (QED) is 0.834. The number of H-pyrrole nitrogens is 1. The summed E-state index contributed by atoms with van der Waals surface area (Å²) < 4.78 is 37.8. The van der Waals surface area contributed by atoms with Gasteiger partial charge < -0.3 is 4.98 Å². The van der Waals surface area contributed by atoms with Gasteiger partial charge in [0, 0.05) is 21.7 Å². The highest BCUT2D eigenvalue weighted by Crippen LogP contribution is 2.33. The lowest BCUT2D eigenvalue weighted by atomic mass is 10.1. The lowest BCUT2D eigenvalue weighted by molar-refractivity contribution is -0.141. The van der Waals surface area contributed by atoms with Gasteiger partial charge in [-0.2, -0.15) is 13.2 Å². The van der Waals surface area contributed by atoms with Crippen LogP contribution in [-0.2, 0) is 6.18 Å². The standard InChI is InChI=1S/C12H6Cl2F3NO/c13-7-1-2-8(9(14)5-7)6-3-10(12(15,16)17)18-11(19)4-6/h1-5H,(H,18,19). The molecule has 1 heterocycles. The zero-order chi connectivity index (χ0) is 14.2. The van der Waals surface area contributed by atoms with Crippen LogP contribution in [0.5, 0.6) is 0 Å². The molecular weight excluding hydrogens is 302 g/mol. The van der Waals surface area contributed by atoms with Gasteiger partial charge >= 0.3 is 6.18 Å². The Bertz CT molecular complexity index is 679. The van der Waals surface area contributed by atoms with Gasteiger partial charge in [-0.1, -0.05) is 29.3 Å². The molecule has 0 saturated carbocycles. The number of benzene rings is 1. The van der Waals surface area contributed by atoms with Crippen LogP contribution >= 0.6 is 23.2 Å². The van der Waals surface area contributed by atoms with E-state index in [0.717, 1.165) is 12.1 Å². The molecule has 2 nitrogen and oxygen atoms in total. The molecule has 7 heteroatoms. The molecule has 1 aromatic carbocycles. The summed E-state index contributed by atoms with van der Waals surface area (Å²) in [6.45, 7) is 0. The second-order valence-corrected chi connectivity index (χ2v) is 4.61. The van der Waals surface area contributed by atoms with Crippen LogP contribution < -0.4 is 5.56 Å². The van der Waals surface area contributed by atoms with Crippen molar-refractivity contribution >= 4 is 23.2 Å².